The Balaban J connectivity index is 2.37. The zero-order valence-corrected chi connectivity index (χ0v) is 11.8. The van der Waals surface area contributed by atoms with Gasteiger partial charge in [0.05, 0.1) is 11.3 Å². The molecule has 1 amide bonds. The van der Waals surface area contributed by atoms with Crippen LogP contribution in [0.3, 0.4) is 0 Å². The van der Waals surface area contributed by atoms with Crippen molar-refractivity contribution in [1.29, 1.82) is 0 Å². The van der Waals surface area contributed by atoms with E-state index in [-0.39, 0.29) is 21.4 Å². The second-order valence-electron chi connectivity index (χ2n) is 4.05. The van der Waals surface area contributed by atoms with Crippen LogP contribution in [0, 0.1) is 23.3 Å². The van der Waals surface area contributed by atoms with E-state index in [1.54, 1.807) is 0 Å². The summed E-state index contributed by atoms with van der Waals surface area (Å²) >= 11 is 2.88. The third-order valence-electron chi connectivity index (χ3n) is 2.58. The second kappa shape index (κ2) is 5.72. The van der Waals surface area contributed by atoms with Crippen molar-refractivity contribution in [3.05, 3.63) is 57.6 Å². The number of rotatable bonds is 2. The summed E-state index contributed by atoms with van der Waals surface area (Å²) in [7, 11) is 0. The summed E-state index contributed by atoms with van der Waals surface area (Å²) < 4.78 is 52.5. The molecule has 3 N–H and O–H groups in total. The molecule has 0 saturated heterocycles. The number of amides is 1. The third kappa shape index (κ3) is 3.15. The normalized spacial score (nSPS) is 10.5. The molecule has 0 fully saturated rings. The standard InChI is InChI=1S/C13H7BrF4N2O/c14-7-1-5(15)2-10(18)12(7)20-13(21)6-3-8(16)9(17)4-11(6)19/h1-4H,19H2,(H,20,21). The van der Waals surface area contributed by atoms with E-state index in [9.17, 15) is 22.4 Å². The molecule has 2 rings (SSSR count). The van der Waals surface area contributed by atoms with Gasteiger partial charge in [-0.2, -0.15) is 0 Å². The molecule has 110 valence electrons. The lowest BCUT2D eigenvalue weighted by Gasteiger charge is -2.10. The number of hydrogen-bond acceptors (Lipinski definition) is 2. The summed E-state index contributed by atoms with van der Waals surface area (Å²) in [5, 5.41) is 2.11. The van der Waals surface area contributed by atoms with Gasteiger partial charge in [0.15, 0.2) is 17.5 Å². The minimum Gasteiger partial charge on any atom is -0.398 e. The van der Waals surface area contributed by atoms with Crippen LogP contribution in [0.5, 0.6) is 0 Å². The highest BCUT2D eigenvalue weighted by Crippen LogP contribution is 2.28. The van der Waals surface area contributed by atoms with Crippen molar-refractivity contribution in [3.8, 4) is 0 Å². The molecule has 2 aromatic carbocycles. The summed E-state index contributed by atoms with van der Waals surface area (Å²) in [6, 6.07) is 2.73. The average Bonchev–Trinajstić information content (AvgIpc) is 2.37. The Kier molecular flexibility index (Phi) is 4.17. The second-order valence-corrected chi connectivity index (χ2v) is 4.91. The third-order valence-corrected chi connectivity index (χ3v) is 3.21. The summed E-state index contributed by atoms with van der Waals surface area (Å²) in [6.45, 7) is 0. The molecule has 0 spiro atoms. The van der Waals surface area contributed by atoms with Crippen molar-refractivity contribution >= 4 is 33.2 Å². The Labute approximate surface area is 124 Å². The summed E-state index contributed by atoms with van der Waals surface area (Å²) in [6.07, 6.45) is 0. The molecule has 3 nitrogen and oxygen atoms in total. The first kappa shape index (κ1) is 15.3. The van der Waals surface area contributed by atoms with Crippen LogP contribution in [0.25, 0.3) is 0 Å². The average molecular weight is 363 g/mol. The van der Waals surface area contributed by atoms with Crippen molar-refractivity contribution in [3.63, 3.8) is 0 Å². The number of hydrogen-bond donors (Lipinski definition) is 2. The fourth-order valence-corrected chi connectivity index (χ4v) is 2.11. The van der Waals surface area contributed by atoms with E-state index in [2.05, 4.69) is 21.2 Å². The fourth-order valence-electron chi connectivity index (χ4n) is 1.60. The van der Waals surface area contributed by atoms with E-state index in [0.717, 1.165) is 6.07 Å². The molecule has 0 aliphatic carbocycles. The van der Waals surface area contributed by atoms with Crippen LogP contribution < -0.4 is 11.1 Å². The van der Waals surface area contributed by atoms with Crippen molar-refractivity contribution < 1.29 is 22.4 Å². The monoisotopic (exact) mass is 362 g/mol. The van der Waals surface area contributed by atoms with E-state index in [1.807, 2.05) is 0 Å². The molecule has 0 radical (unpaired) electrons. The largest absolute Gasteiger partial charge is 0.398 e. The molecule has 0 aromatic heterocycles. The van der Waals surface area contributed by atoms with Gasteiger partial charge in [0.2, 0.25) is 0 Å². The van der Waals surface area contributed by atoms with Gasteiger partial charge >= 0.3 is 0 Å². The van der Waals surface area contributed by atoms with Gasteiger partial charge in [0.25, 0.3) is 5.91 Å². The lowest BCUT2D eigenvalue weighted by atomic mass is 10.1. The predicted molar refractivity (Wildman–Crippen MR) is 72.8 cm³/mol. The number of benzene rings is 2. The lowest BCUT2D eigenvalue weighted by molar-refractivity contribution is 0.102. The van der Waals surface area contributed by atoms with E-state index in [4.69, 9.17) is 5.73 Å². The first-order valence-electron chi connectivity index (χ1n) is 5.50. The number of carbonyl (C=O) groups excluding carboxylic acids is 1. The lowest BCUT2D eigenvalue weighted by Crippen LogP contribution is -2.16. The van der Waals surface area contributed by atoms with E-state index < -0.39 is 29.2 Å². The molecule has 0 heterocycles. The first-order chi connectivity index (χ1) is 9.79. The Morgan fingerprint density at radius 3 is 2.24 bits per heavy atom. The topological polar surface area (TPSA) is 55.1 Å². The molecule has 2 aromatic rings. The molecule has 8 heteroatoms. The molecule has 0 bridgehead atoms. The number of halogens is 5. The van der Waals surface area contributed by atoms with Crippen molar-refractivity contribution in [2.45, 2.75) is 0 Å². The van der Waals surface area contributed by atoms with Gasteiger partial charge in [-0.15, -0.1) is 0 Å². The predicted octanol–water partition coefficient (Wildman–Crippen LogP) is 3.84. The van der Waals surface area contributed by atoms with Crippen LogP contribution >= 0.6 is 15.9 Å². The van der Waals surface area contributed by atoms with E-state index >= 15 is 0 Å². The number of nitrogens with one attached hydrogen (secondary N) is 1. The molecule has 0 unspecified atom stereocenters. The molecule has 0 atom stereocenters. The molecule has 0 aliphatic rings. The molecular formula is C13H7BrF4N2O. The molecule has 21 heavy (non-hydrogen) atoms. The maximum atomic E-state index is 13.6. The number of nitrogens with two attached hydrogens (primary N) is 1. The van der Waals surface area contributed by atoms with Crippen LogP contribution in [-0.4, -0.2) is 5.91 Å². The number of carbonyl (C=O) groups is 1. The maximum absolute atomic E-state index is 13.6. The smallest absolute Gasteiger partial charge is 0.257 e. The van der Waals surface area contributed by atoms with E-state index in [1.165, 1.54) is 0 Å². The van der Waals surface area contributed by atoms with Gasteiger partial charge in [-0.1, -0.05) is 0 Å². The zero-order valence-electron chi connectivity index (χ0n) is 10.2. The van der Waals surface area contributed by atoms with Crippen LogP contribution in [0.2, 0.25) is 0 Å². The van der Waals surface area contributed by atoms with Gasteiger partial charge in [0, 0.05) is 22.3 Å². The summed E-state index contributed by atoms with van der Waals surface area (Å²) in [5.41, 5.74) is 4.38. The van der Waals surface area contributed by atoms with Crippen LogP contribution in [-0.2, 0) is 0 Å². The Morgan fingerprint density at radius 1 is 1.00 bits per heavy atom. The van der Waals surface area contributed by atoms with Crippen molar-refractivity contribution in [2.75, 3.05) is 11.1 Å². The van der Waals surface area contributed by atoms with Gasteiger partial charge in [-0.05, 0) is 28.1 Å². The van der Waals surface area contributed by atoms with Gasteiger partial charge in [0.1, 0.15) is 5.82 Å². The SMILES string of the molecule is Nc1cc(F)c(F)cc1C(=O)Nc1c(F)cc(F)cc1Br. The quantitative estimate of drug-likeness (QED) is 0.629. The first-order valence-corrected chi connectivity index (χ1v) is 6.29. The number of anilines is 2. The highest BCUT2D eigenvalue weighted by molar-refractivity contribution is 9.10. The van der Waals surface area contributed by atoms with E-state index in [0.29, 0.717) is 18.2 Å². The summed E-state index contributed by atoms with van der Waals surface area (Å²) in [4.78, 5) is 11.9. The number of nitrogen functional groups attached to an aromatic ring is 1. The van der Waals surface area contributed by atoms with Crippen LogP contribution in [0.4, 0.5) is 28.9 Å². The Morgan fingerprint density at radius 2 is 1.62 bits per heavy atom. The van der Waals surface area contributed by atoms with Crippen molar-refractivity contribution in [1.82, 2.24) is 0 Å². The minimum absolute atomic E-state index is 0.0468. The highest BCUT2D eigenvalue weighted by atomic mass is 79.9. The Hall–Kier alpha value is -2.09. The van der Waals surface area contributed by atoms with Crippen molar-refractivity contribution in [2.24, 2.45) is 0 Å². The summed E-state index contributed by atoms with van der Waals surface area (Å²) in [5.74, 6) is -5.31. The highest BCUT2D eigenvalue weighted by Gasteiger charge is 2.18. The van der Waals surface area contributed by atoms with Crippen LogP contribution in [0.15, 0.2) is 28.7 Å². The van der Waals surface area contributed by atoms with Gasteiger partial charge < -0.3 is 11.1 Å². The van der Waals surface area contributed by atoms with Gasteiger partial charge in [-0.25, -0.2) is 17.6 Å². The fraction of sp³-hybridized carbons (Fsp3) is 0. The molecule has 0 aliphatic heterocycles. The zero-order chi connectivity index (χ0) is 15.7. The molecule has 0 saturated carbocycles. The minimum atomic E-state index is -1.27. The molecular weight excluding hydrogens is 356 g/mol. The van der Waals surface area contributed by atoms with Crippen LogP contribution in [0.1, 0.15) is 10.4 Å². The van der Waals surface area contributed by atoms with Gasteiger partial charge in [-0.3, -0.25) is 4.79 Å². The maximum Gasteiger partial charge on any atom is 0.257 e. The Bertz CT molecular complexity index is 713.